The van der Waals surface area contributed by atoms with Gasteiger partial charge in [0.1, 0.15) is 6.04 Å². The molecule has 1 aliphatic carbocycles. The van der Waals surface area contributed by atoms with E-state index in [0.717, 1.165) is 0 Å². The normalized spacial score (nSPS) is 23.7. The first-order valence-electron chi connectivity index (χ1n) is 6.05. The van der Waals surface area contributed by atoms with Crippen LogP contribution >= 0.6 is 0 Å². The van der Waals surface area contributed by atoms with Crippen molar-refractivity contribution >= 4 is 11.8 Å². The van der Waals surface area contributed by atoms with Crippen molar-refractivity contribution in [2.24, 2.45) is 11.7 Å². The fourth-order valence-corrected chi connectivity index (χ4v) is 1.74. The SMILES string of the molecule is COCCNC(=O)C(C)NC(=O)C1C=CC(N)C1. The van der Waals surface area contributed by atoms with Crippen LogP contribution in [0.2, 0.25) is 0 Å². The van der Waals surface area contributed by atoms with E-state index in [-0.39, 0.29) is 23.8 Å². The lowest BCUT2D eigenvalue weighted by molar-refractivity contribution is -0.130. The number of carbonyl (C=O) groups is 2. The molecular weight excluding hydrogens is 234 g/mol. The molecule has 18 heavy (non-hydrogen) atoms. The molecule has 0 aromatic carbocycles. The van der Waals surface area contributed by atoms with Crippen LogP contribution in [0.4, 0.5) is 0 Å². The van der Waals surface area contributed by atoms with Gasteiger partial charge in [-0.1, -0.05) is 12.2 Å². The van der Waals surface area contributed by atoms with Gasteiger partial charge in [-0.25, -0.2) is 0 Å². The molecule has 0 aromatic rings. The Bertz CT molecular complexity index is 331. The number of hydrogen-bond donors (Lipinski definition) is 3. The highest BCUT2D eigenvalue weighted by atomic mass is 16.5. The van der Waals surface area contributed by atoms with Crippen LogP contribution in [0.15, 0.2) is 12.2 Å². The van der Waals surface area contributed by atoms with Crippen LogP contribution in [-0.4, -0.2) is 44.2 Å². The second kappa shape index (κ2) is 7.13. The van der Waals surface area contributed by atoms with E-state index in [0.29, 0.717) is 19.6 Å². The lowest BCUT2D eigenvalue weighted by Crippen LogP contribution is -2.47. The van der Waals surface area contributed by atoms with E-state index in [1.165, 1.54) is 0 Å². The standard InChI is InChI=1S/C12H21N3O3/c1-8(11(16)14-5-6-18-2)15-12(17)9-3-4-10(13)7-9/h3-4,8-10H,5-7,13H2,1-2H3,(H,14,16)(H,15,17). The van der Waals surface area contributed by atoms with E-state index in [1.807, 2.05) is 6.08 Å². The number of hydrogen-bond acceptors (Lipinski definition) is 4. The van der Waals surface area contributed by atoms with Crippen LogP contribution in [-0.2, 0) is 14.3 Å². The summed E-state index contributed by atoms with van der Waals surface area (Å²) in [5, 5.41) is 5.34. The molecule has 3 atom stereocenters. The van der Waals surface area contributed by atoms with Crippen molar-refractivity contribution in [3.05, 3.63) is 12.2 Å². The van der Waals surface area contributed by atoms with E-state index >= 15 is 0 Å². The summed E-state index contributed by atoms with van der Waals surface area (Å²) in [6.07, 6.45) is 4.20. The van der Waals surface area contributed by atoms with Gasteiger partial charge in [-0.2, -0.15) is 0 Å². The highest BCUT2D eigenvalue weighted by Crippen LogP contribution is 2.16. The summed E-state index contributed by atoms with van der Waals surface area (Å²) >= 11 is 0. The molecule has 1 aliphatic rings. The second-order valence-corrected chi connectivity index (χ2v) is 4.41. The van der Waals surface area contributed by atoms with Gasteiger partial charge in [0.25, 0.3) is 0 Å². The summed E-state index contributed by atoms with van der Waals surface area (Å²) < 4.78 is 4.82. The zero-order valence-corrected chi connectivity index (χ0v) is 10.8. The molecule has 0 aromatic heterocycles. The monoisotopic (exact) mass is 255 g/mol. The maximum absolute atomic E-state index is 11.8. The number of ether oxygens (including phenoxy) is 1. The second-order valence-electron chi connectivity index (χ2n) is 4.41. The third kappa shape index (κ3) is 4.46. The third-order valence-corrected chi connectivity index (χ3v) is 2.81. The lowest BCUT2D eigenvalue weighted by atomic mass is 10.1. The van der Waals surface area contributed by atoms with E-state index in [1.54, 1.807) is 20.1 Å². The van der Waals surface area contributed by atoms with Crippen LogP contribution in [0, 0.1) is 5.92 Å². The van der Waals surface area contributed by atoms with Gasteiger partial charge >= 0.3 is 0 Å². The first kappa shape index (κ1) is 14.7. The van der Waals surface area contributed by atoms with Crippen LogP contribution in [0.3, 0.4) is 0 Å². The van der Waals surface area contributed by atoms with Crippen LogP contribution in [0.1, 0.15) is 13.3 Å². The predicted octanol–water partition coefficient (Wildman–Crippen LogP) is -0.843. The van der Waals surface area contributed by atoms with Crippen molar-refractivity contribution in [2.75, 3.05) is 20.3 Å². The highest BCUT2D eigenvalue weighted by Gasteiger charge is 2.25. The quantitative estimate of drug-likeness (QED) is 0.426. The van der Waals surface area contributed by atoms with Gasteiger partial charge in [-0.15, -0.1) is 0 Å². The molecule has 3 unspecified atom stereocenters. The molecule has 0 aliphatic heterocycles. The molecule has 0 fully saturated rings. The Hall–Kier alpha value is -1.40. The molecule has 6 heteroatoms. The van der Waals surface area contributed by atoms with Crippen molar-refractivity contribution in [3.8, 4) is 0 Å². The Balaban J connectivity index is 2.30. The molecule has 0 heterocycles. The van der Waals surface area contributed by atoms with Gasteiger partial charge in [0.05, 0.1) is 12.5 Å². The third-order valence-electron chi connectivity index (χ3n) is 2.81. The molecular formula is C12H21N3O3. The molecule has 2 amide bonds. The first-order chi connectivity index (χ1) is 8.54. The summed E-state index contributed by atoms with van der Waals surface area (Å²) in [6, 6.07) is -0.619. The minimum Gasteiger partial charge on any atom is -0.383 e. The fraction of sp³-hybridized carbons (Fsp3) is 0.667. The highest BCUT2D eigenvalue weighted by molar-refractivity contribution is 5.89. The Labute approximate surface area is 107 Å². The number of amides is 2. The van der Waals surface area contributed by atoms with Crippen LogP contribution < -0.4 is 16.4 Å². The van der Waals surface area contributed by atoms with Crippen molar-refractivity contribution in [2.45, 2.75) is 25.4 Å². The van der Waals surface area contributed by atoms with E-state index in [4.69, 9.17) is 10.5 Å². The van der Waals surface area contributed by atoms with Crippen LogP contribution in [0.5, 0.6) is 0 Å². The molecule has 0 saturated carbocycles. The average molecular weight is 255 g/mol. The van der Waals surface area contributed by atoms with E-state index < -0.39 is 6.04 Å². The maximum atomic E-state index is 11.8. The van der Waals surface area contributed by atoms with Gasteiger partial charge in [-0.05, 0) is 13.3 Å². The van der Waals surface area contributed by atoms with Gasteiger partial charge in [0, 0.05) is 19.7 Å². The predicted molar refractivity (Wildman–Crippen MR) is 67.7 cm³/mol. The van der Waals surface area contributed by atoms with Gasteiger partial charge < -0.3 is 21.1 Å². The molecule has 0 bridgehead atoms. The summed E-state index contributed by atoms with van der Waals surface area (Å²) in [5.74, 6) is -0.602. The number of nitrogens with one attached hydrogen (secondary N) is 2. The summed E-state index contributed by atoms with van der Waals surface area (Å²) in [5.41, 5.74) is 5.67. The first-order valence-corrected chi connectivity index (χ1v) is 6.05. The molecule has 4 N–H and O–H groups in total. The Kier molecular flexibility index (Phi) is 5.80. The zero-order chi connectivity index (χ0) is 13.5. The molecule has 1 rings (SSSR count). The van der Waals surface area contributed by atoms with Crippen LogP contribution in [0.25, 0.3) is 0 Å². The Morgan fingerprint density at radius 2 is 2.22 bits per heavy atom. The van der Waals surface area contributed by atoms with Crippen molar-refractivity contribution in [1.29, 1.82) is 0 Å². The van der Waals surface area contributed by atoms with Crippen molar-refractivity contribution in [1.82, 2.24) is 10.6 Å². The summed E-state index contributed by atoms with van der Waals surface area (Å²) in [6.45, 7) is 2.54. The largest absolute Gasteiger partial charge is 0.383 e. The average Bonchev–Trinajstić information content (AvgIpc) is 2.76. The summed E-state index contributed by atoms with van der Waals surface area (Å²) in [7, 11) is 1.56. The molecule has 0 spiro atoms. The minimum atomic E-state index is -0.556. The van der Waals surface area contributed by atoms with Gasteiger partial charge in [0.15, 0.2) is 0 Å². The lowest BCUT2D eigenvalue weighted by Gasteiger charge is -2.16. The molecule has 6 nitrogen and oxygen atoms in total. The van der Waals surface area contributed by atoms with E-state index in [2.05, 4.69) is 10.6 Å². The number of carbonyl (C=O) groups excluding carboxylic acids is 2. The number of methoxy groups -OCH3 is 1. The van der Waals surface area contributed by atoms with Gasteiger partial charge in [0.2, 0.25) is 11.8 Å². The fourth-order valence-electron chi connectivity index (χ4n) is 1.74. The zero-order valence-electron chi connectivity index (χ0n) is 10.8. The Morgan fingerprint density at radius 3 is 2.78 bits per heavy atom. The molecule has 102 valence electrons. The topological polar surface area (TPSA) is 93.5 Å². The van der Waals surface area contributed by atoms with Gasteiger partial charge in [-0.3, -0.25) is 9.59 Å². The Morgan fingerprint density at radius 1 is 1.50 bits per heavy atom. The maximum Gasteiger partial charge on any atom is 0.242 e. The molecule has 0 saturated heterocycles. The number of rotatable bonds is 6. The molecule has 0 radical (unpaired) electrons. The van der Waals surface area contributed by atoms with Crippen molar-refractivity contribution in [3.63, 3.8) is 0 Å². The van der Waals surface area contributed by atoms with E-state index in [9.17, 15) is 9.59 Å². The minimum absolute atomic E-state index is 0.0633. The summed E-state index contributed by atoms with van der Waals surface area (Å²) in [4.78, 5) is 23.4. The van der Waals surface area contributed by atoms with Crippen molar-refractivity contribution < 1.29 is 14.3 Å². The number of nitrogens with two attached hydrogens (primary N) is 1. The smallest absolute Gasteiger partial charge is 0.242 e.